The molecule has 0 spiro atoms. The standard InChI is InChI=1S/C19H28N2O3.ClH/c1-14(2)24-17-7-5-16(6-8-17)19(23)21-11-9-20(10-12-21)13-18(22)15-3-4-15;/h5-8,14-15,18,22H,3-4,9-13H2,1-2H3;1H. The van der Waals surface area contributed by atoms with Gasteiger partial charge in [-0.25, -0.2) is 0 Å². The van der Waals surface area contributed by atoms with Gasteiger partial charge in [0, 0.05) is 38.3 Å². The number of piperazine rings is 1. The third kappa shape index (κ3) is 5.59. The molecular weight excluding hydrogens is 340 g/mol. The molecule has 25 heavy (non-hydrogen) atoms. The lowest BCUT2D eigenvalue weighted by molar-refractivity contribution is 0.0488. The lowest BCUT2D eigenvalue weighted by atomic mass is 10.1. The molecule has 5 nitrogen and oxygen atoms in total. The van der Waals surface area contributed by atoms with Crippen LogP contribution in [-0.2, 0) is 0 Å². The number of hydrogen-bond acceptors (Lipinski definition) is 4. The summed E-state index contributed by atoms with van der Waals surface area (Å²) in [7, 11) is 0. The highest BCUT2D eigenvalue weighted by molar-refractivity contribution is 5.94. The molecule has 1 aromatic carbocycles. The van der Waals surface area contributed by atoms with E-state index in [0.717, 1.165) is 51.3 Å². The van der Waals surface area contributed by atoms with E-state index in [1.165, 1.54) is 0 Å². The third-order valence-corrected chi connectivity index (χ3v) is 4.74. The molecule has 0 bridgehead atoms. The van der Waals surface area contributed by atoms with Gasteiger partial charge in [0.15, 0.2) is 0 Å². The number of amides is 1. The monoisotopic (exact) mass is 368 g/mol. The number of rotatable bonds is 6. The lowest BCUT2D eigenvalue weighted by Crippen LogP contribution is -2.50. The average Bonchev–Trinajstić information content (AvgIpc) is 3.40. The van der Waals surface area contributed by atoms with Gasteiger partial charge in [-0.05, 0) is 56.9 Å². The van der Waals surface area contributed by atoms with E-state index in [2.05, 4.69) is 4.90 Å². The number of carbonyl (C=O) groups is 1. The van der Waals surface area contributed by atoms with Crippen molar-refractivity contribution in [3.63, 3.8) is 0 Å². The van der Waals surface area contributed by atoms with Crippen LogP contribution in [0.4, 0.5) is 0 Å². The Balaban J connectivity index is 0.00000225. The maximum absolute atomic E-state index is 12.6. The Morgan fingerprint density at radius 3 is 2.28 bits per heavy atom. The quantitative estimate of drug-likeness (QED) is 0.837. The zero-order valence-corrected chi connectivity index (χ0v) is 15.9. The van der Waals surface area contributed by atoms with E-state index in [-0.39, 0.29) is 30.5 Å². The summed E-state index contributed by atoms with van der Waals surface area (Å²) in [6.07, 6.45) is 2.26. The van der Waals surface area contributed by atoms with Crippen LogP contribution >= 0.6 is 12.4 Å². The summed E-state index contributed by atoms with van der Waals surface area (Å²) in [5.41, 5.74) is 0.706. The number of aliphatic hydroxyl groups is 1. The molecule has 2 aliphatic rings. The zero-order valence-electron chi connectivity index (χ0n) is 15.1. The molecule has 1 aliphatic heterocycles. The zero-order chi connectivity index (χ0) is 17.1. The number of nitrogens with zero attached hydrogens (tertiary/aromatic N) is 2. The van der Waals surface area contributed by atoms with Gasteiger partial charge in [-0.15, -0.1) is 12.4 Å². The third-order valence-electron chi connectivity index (χ3n) is 4.74. The van der Waals surface area contributed by atoms with Gasteiger partial charge in [0.05, 0.1) is 12.2 Å². The van der Waals surface area contributed by atoms with Crippen LogP contribution in [0.5, 0.6) is 5.75 Å². The first-order valence-electron chi connectivity index (χ1n) is 8.99. The molecule has 1 aromatic rings. The number of hydrogen-bond donors (Lipinski definition) is 1. The molecule has 0 aromatic heterocycles. The highest BCUT2D eigenvalue weighted by Crippen LogP contribution is 2.32. The molecule has 1 amide bonds. The Hall–Kier alpha value is -1.30. The molecule has 6 heteroatoms. The maximum Gasteiger partial charge on any atom is 0.253 e. The van der Waals surface area contributed by atoms with Crippen LogP contribution in [0.3, 0.4) is 0 Å². The molecule has 0 radical (unpaired) electrons. The van der Waals surface area contributed by atoms with E-state index in [9.17, 15) is 9.90 Å². The van der Waals surface area contributed by atoms with Crippen LogP contribution in [0.15, 0.2) is 24.3 Å². The van der Waals surface area contributed by atoms with Gasteiger partial charge in [-0.2, -0.15) is 0 Å². The minimum Gasteiger partial charge on any atom is -0.491 e. The van der Waals surface area contributed by atoms with Gasteiger partial charge < -0.3 is 14.7 Å². The summed E-state index contributed by atoms with van der Waals surface area (Å²) in [5, 5.41) is 10.0. The fourth-order valence-electron chi connectivity index (χ4n) is 3.16. The summed E-state index contributed by atoms with van der Waals surface area (Å²) in [6, 6.07) is 7.39. The first kappa shape index (κ1) is 20.0. The second-order valence-corrected chi connectivity index (χ2v) is 7.19. The maximum atomic E-state index is 12.6. The van der Waals surface area contributed by atoms with Crippen molar-refractivity contribution in [1.29, 1.82) is 0 Å². The summed E-state index contributed by atoms with van der Waals surface area (Å²) in [5.74, 6) is 1.38. The molecule has 2 fully saturated rings. The summed E-state index contributed by atoms with van der Waals surface area (Å²) >= 11 is 0. The average molecular weight is 369 g/mol. The number of benzene rings is 1. The minimum absolute atomic E-state index is 0. The minimum atomic E-state index is -0.194. The Kier molecular flexibility index (Phi) is 7.11. The fourth-order valence-corrected chi connectivity index (χ4v) is 3.16. The van der Waals surface area contributed by atoms with Crippen LogP contribution in [0.2, 0.25) is 0 Å². The van der Waals surface area contributed by atoms with Crippen molar-refractivity contribution >= 4 is 18.3 Å². The first-order chi connectivity index (χ1) is 11.5. The van der Waals surface area contributed by atoms with E-state index < -0.39 is 0 Å². The molecule has 1 unspecified atom stereocenters. The van der Waals surface area contributed by atoms with Gasteiger partial charge in [-0.1, -0.05) is 0 Å². The van der Waals surface area contributed by atoms with E-state index in [4.69, 9.17) is 4.74 Å². The van der Waals surface area contributed by atoms with Crippen molar-refractivity contribution in [2.45, 2.75) is 38.9 Å². The predicted octanol–water partition coefficient (Wildman–Crippen LogP) is 2.42. The molecule has 1 atom stereocenters. The number of ether oxygens (including phenoxy) is 1. The molecular formula is C19H29ClN2O3. The van der Waals surface area contributed by atoms with Gasteiger partial charge in [0.1, 0.15) is 5.75 Å². The van der Waals surface area contributed by atoms with Crippen molar-refractivity contribution in [2.24, 2.45) is 5.92 Å². The van der Waals surface area contributed by atoms with Crippen LogP contribution in [0.1, 0.15) is 37.0 Å². The van der Waals surface area contributed by atoms with Gasteiger partial charge in [-0.3, -0.25) is 9.69 Å². The van der Waals surface area contributed by atoms with E-state index in [1.807, 2.05) is 43.0 Å². The van der Waals surface area contributed by atoms with Crippen LogP contribution < -0.4 is 4.74 Å². The number of halogens is 1. The first-order valence-corrected chi connectivity index (χ1v) is 8.99. The van der Waals surface area contributed by atoms with E-state index in [1.54, 1.807) is 0 Å². The number of aliphatic hydroxyl groups excluding tert-OH is 1. The highest BCUT2D eigenvalue weighted by Gasteiger charge is 2.32. The Labute approximate surface area is 156 Å². The van der Waals surface area contributed by atoms with E-state index in [0.29, 0.717) is 11.5 Å². The predicted molar refractivity (Wildman–Crippen MR) is 101 cm³/mol. The van der Waals surface area contributed by atoms with Crippen LogP contribution in [-0.4, -0.2) is 65.7 Å². The highest BCUT2D eigenvalue weighted by atomic mass is 35.5. The molecule has 140 valence electrons. The van der Waals surface area contributed by atoms with Crippen molar-refractivity contribution in [3.8, 4) is 5.75 Å². The normalized spacial score (nSPS) is 19.4. The molecule has 1 saturated carbocycles. The number of β-amino-alcohol motifs (C(OH)–C–C–N with tert-alkyl or cyclic N) is 1. The second-order valence-electron chi connectivity index (χ2n) is 7.19. The second kappa shape index (κ2) is 8.88. The fraction of sp³-hybridized carbons (Fsp3) is 0.632. The Bertz CT molecular complexity index is 552. The van der Waals surface area contributed by atoms with Gasteiger partial charge in [0.2, 0.25) is 0 Å². The number of carbonyl (C=O) groups excluding carboxylic acids is 1. The topological polar surface area (TPSA) is 53.0 Å². The lowest BCUT2D eigenvalue weighted by Gasteiger charge is -2.35. The molecule has 1 saturated heterocycles. The Morgan fingerprint density at radius 1 is 1.16 bits per heavy atom. The smallest absolute Gasteiger partial charge is 0.253 e. The van der Waals surface area contributed by atoms with Crippen molar-refractivity contribution < 1.29 is 14.6 Å². The SMILES string of the molecule is CC(C)Oc1ccc(C(=O)N2CCN(CC(O)C3CC3)CC2)cc1.Cl. The molecule has 3 rings (SSSR count). The van der Waals surface area contributed by atoms with Crippen molar-refractivity contribution in [2.75, 3.05) is 32.7 Å². The van der Waals surface area contributed by atoms with Crippen molar-refractivity contribution in [3.05, 3.63) is 29.8 Å². The summed E-state index contributed by atoms with van der Waals surface area (Å²) < 4.78 is 5.61. The molecule has 1 aliphatic carbocycles. The van der Waals surface area contributed by atoms with Crippen LogP contribution in [0.25, 0.3) is 0 Å². The van der Waals surface area contributed by atoms with Gasteiger partial charge >= 0.3 is 0 Å². The van der Waals surface area contributed by atoms with Gasteiger partial charge in [0.25, 0.3) is 5.91 Å². The summed E-state index contributed by atoms with van der Waals surface area (Å²) in [4.78, 5) is 16.8. The van der Waals surface area contributed by atoms with E-state index >= 15 is 0 Å². The largest absolute Gasteiger partial charge is 0.491 e. The Morgan fingerprint density at radius 2 is 1.76 bits per heavy atom. The summed E-state index contributed by atoms with van der Waals surface area (Å²) in [6.45, 7) is 7.83. The molecule has 1 heterocycles. The van der Waals surface area contributed by atoms with Crippen LogP contribution in [0, 0.1) is 5.92 Å². The molecule has 1 N–H and O–H groups in total. The van der Waals surface area contributed by atoms with Crippen molar-refractivity contribution in [1.82, 2.24) is 9.80 Å².